The average molecular weight is 327 g/mol. The minimum Gasteiger partial charge on any atom is -0.357 e. The highest BCUT2D eigenvalue weighted by Gasteiger charge is 2.04. The van der Waals surface area contributed by atoms with Crippen LogP contribution < -0.4 is 10.6 Å². The van der Waals surface area contributed by atoms with Gasteiger partial charge in [0.25, 0.3) is 0 Å². The lowest BCUT2D eigenvalue weighted by Crippen LogP contribution is -2.38. The molecule has 0 aliphatic rings. The van der Waals surface area contributed by atoms with E-state index in [1.165, 1.54) is 11.1 Å². The fourth-order valence-electron chi connectivity index (χ4n) is 2.42. The summed E-state index contributed by atoms with van der Waals surface area (Å²) in [7, 11) is 0. The third-order valence-electron chi connectivity index (χ3n) is 3.78. The van der Waals surface area contributed by atoms with Crippen LogP contribution in [0.5, 0.6) is 0 Å². The molecule has 0 radical (unpaired) electrons. The van der Waals surface area contributed by atoms with Crippen LogP contribution in [0.3, 0.4) is 0 Å². The summed E-state index contributed by atoms with van der Waals surface area (Å²) in [6, 6.07) is 10.4. The van der Waals surface area contributed by atoms with Crippen LogP contribution in [0.1, 0.15) is 38.3 Å². The molecule has 2 aromatic rings. The van der Waals surface area contributed by atoms with Crippen LogP contribution in [-0.4, -0.2) is 28.8 Å². The number of hydrogen-bond donors (Lipinski definition) is 2. The number of benzene rings is 1. The average Bonchev–Trinajstić information content (AvgIpc) is 3.06. The van der Waals surface area contributed by atoms with Gasteiger partial charge in [-0.15, -0.1) is 0 Å². The first-order valence-electron chi connectivity index (χ1n) is 8.75. The van der Waals surface area contributed by atoms with Gasteiger partial charge in [-0.25, -0.2) is 4.99 Å². The zero-order valence-electron chi connectivity index (χ0n) is 15.0. The number of aliphatic imine (C=N–C) groups is 1. The number of nitrogens with zero attached hydrogens (tertiary/aromatic N) is 3. The van der Waals surface area contributed by atoms with Gasteiger partial charge in [0, 0.05) is 25.5 Å². The molecule has 0 aliphatic heterocycles. The maximum absolute atomic E-state index is 4.74. The van der Waals surface area contributed by atoms with E-state index >= 15 is 0 Å². The van der Waals surface area contributed by atoms with Gasteiger partial charge >= 0.3 is 0 Å². The molecule has 5 nitrogen and oxygen atoms in total. The molecule has 0 spiro atoms. The van der Waals surface area contributed by atoms with E-state index < -0.39 is 0 Å². The van der Waals surface area contributed by atoms with Gasteiger partial charge in [-0.2, -0.15) is 5.10 Å². The second kappa shape index (κ2) is 9.75. The monoisotopic (exact) mass is 327 g/mol. The molecule has 0 fully saturated rings. The third kappa shape index (κ3) is 6.07. The molecule has 0 amide bonds. The Kier molecular flexibility index (Phi) is 7.33. The van der Waals surface area contributed by atoms with Crippen molar-refractivity contribution in [2.24, 2.45) is 10.9 Å². The van der Waals surface area contributed by atoms with Gasteiger partial charge in [0.15, 0.2) is 5.96 Å². The molecule has 1 aromatic carbocycles. The first-order valence-corrected chi connectivity index (χ1v) is 8.75. The number of nitrogens with one attached hydrogen (secondary N) is 2. The molecule has 5 heteroatoms. The van der Waals surface area contributed by atoms with E-state index in [-0.39, 0.29) is 0 Å². The molecule has 0 saturated carbocycles. The summed E-state index contributed by atoms with van der Waals surface area (Å²) in [4.78, 5) is 4.74. The molecule has 130 valence electrons. The zero-order chi connectivity index (χ0) is 17.2. The van der Waals surface area contributed by atoms with Crippen LogP contribution in [0.4, 0.5) is 0 Å². The molecule has 0 unspecified atom stereocenters. The Hall–Kier alpha value is -2.30. The van der Waals surface area contributed by atoms with E-state index in [4.69, 9.17) is 4.99 Å². The van der Waals surface area contributed by atoms with Gasteiger partial charge in [-0.3, -0.25) is 4.68 Å². The number of aromatic nitrogens is 2. The van der Waals surface area contributed by atoms with Gasteiger partial charge in [0.05, 0.1) is 13.1 Å². The maximum Gasteiger partial charge on any atom is 0.191 e. The Morgan fingerprint density at radius 2 is 1.96 bits per heavy atom. The summed E-state index contributed by atoms with van der Waals surface area (Å²) < 4.78 is 1.94. The lowest BCUT2D eigenvalue weighted by molar-refractivity contribution is 0.573. The number of guanidine groups is 1. The van der Waals surface area contributed by atoms with E-state index in [0.29, 0.717) is 12.5 Å². The van der Waals surface area contributed by atoms with Crippen molar-refractivity contribution in [3.63, 3.8) is 0 Å². The van der Waals surface area contributed by atoms with Crippen LogP contribution in [0.2, 0.25) is 0 Å². The fraction of sp³-hybridized carbons (Fsp3) is 0.474. The first-order chi connectivity index (χ1) is 11.7. The summed E-state index contributed by atoms with van der Waals surface area (Å²) >= 11 is 0. The molecule has 0 saturated heterocycles. The van der Waals surface area contributed by atoms with Crippen molar-refractivity contribution in [1.29, 1.82) is 0 Å². The molecule has 2 rings (SSSR count). The minimum absolute atomic E-state index is 0.661. The lowest BCUT2D eigenvalue weighted by Gasteiger charge is -2.13. The van der Waals surface area contributed by atoms with Crippen molar-refractivity contribution >= 4 is 5.96 Å². The number of hydrogen-bond acceptors (Lipinski definition) is 2. The van der Waals surface area contributed by atoms with Gasteiger partial charge in [-0.1, -0.05) is 38.1 Å². The molecule has 24 heavy (non-hydrogen) atoms. The molecule has 0 bridgehead atoms. The molecule has 1 aromatic heterocycles. The molecule has 1 heterocycles. The summed E-state index contributed by atoms with van der Waals surface area (Å²) in [5, 5.41) is 11.0. The Bertz CT molecular complexity index is 616. The van der Waals surface area contributed by atoms with E-state index in [2.05, 4.69) is 60.8 Å². The highest BCUT2D eigenvalue weighted by atomic mass is 15.3. The van der Waals surface area contributed by atoms with Gasteiger partial charge in [0.2, 0.25) is 0 Å². The predicted molar refractivity (Wildman–Crippen MR) is 100 cm³/mol. The fourth-order valence-corrected chi connectivity index (χ4v) is 2.42. The van der Waals surface area contributed by atoms with E-state index in [0.717, 1.165) is 32.0 Å². The Balaban J connectivity index is 2.02. The van der Waals surface area contributed by atoms with E-state index in [9.17, 15) is 0 Å². The predicted octanol–water partition coefficient (Wildman–Crippen LogP) is 3.03. The second-order valence-electron chi connectivity index (χ2n) is 6.28. The zero-order valence-corrected chi connectivity index (χ0v) is 15.0. The van der Waals surface area contributed by atoms with Crippen molar-refractivity contribution < 1.29 is 0 Å². The van der Waals surface area contributed by atoms with Crippen molar-refractivity contribution in [1.82, 2.24) is 20.4 Å². The van der Waals surface area contributed by atoms with Crippen molar-refractivity contribution in [3.8, 4) is 0 Å². The molecule has 2 N–H and O–H groups in total. The van der Waals surface area contributed by atoms with Gasteiger partial charge in [-0.05, 0) is 36.5 Å². The topological polar surface area (TPSA) is 54.2 Å². The second-order valence-corrected chi connectivity index (χ2v) is 6.28. The van der Waals surface area contributed by atoms with Crippen molar-refractivity contribution in [2.75, 3.05) is 13.1 Å². The van der Waals surface area contributed by atoms with Crippen LogP contribution in [0.15, 0.2) is 47.7 Å². The summed E-state index contributed by atoms with van der Waals surface area (Å²) in [6.07, 6.45) is 4.93. The van der Waals surface area contributed by atoms with Gasteiger partial charge < -0.3 is 10.6 Å². The maximum atomic E-state index is 4.74. The van der Waals surface area contributed by atoms with Gasteiger partial charge in [0.1, 0.15) is 0 Å². The lowest BCUT2D eigenvalue weighted by atomic mass is 10.1. The minimum atomic E-state index is 0.661. The quantitative estimate of drug-likeness (QED) is 0.579. The Labute approximate surface area is 145 Å². The van der Waals surface area contributed by atoms with E-state index in [1.807, 2.05) is 23.1 Å². The SMILES string of the molecule is CCNC(=NCc1ccccc1Cn1cccn1)NCCC(C)C. The number of rotatable bonds is 8. The summed E-state index contributed by atoms with van der Waals surface area (Å²) in [6.45, 7) is 9.80. The highest BCUT2D eigenvalue weighted by molar-refractivity contribution is 5.79. The van der Waals surface area contributed by atoms with Crippen LogP contribution in [0.25, 0.3) is 0 Å². The van der Waals surface area contributed by atoms with Crippen molar-refractivity contribution in [2.45, 2.75) is 40.3 Å². The Morgan fingerprint density at radius 1 is 1.17 bits per heavy atom. The van der Waals surface area contributed by atoms with Crippen LogP contribution in [-0.2, 0) is 13.1 Å². The normalized spacial score (nSPS) is 11.8. The molecule has 0 atom stereocenters. The largest absolute Gasteiger partial charge is 0.357 e. The van der Waals surface area contributed by atoms with E-state index in [1.54, 1.807) is 0 Å². The molecule has 0 aliphatic carbocycles. The van der Waals surface area contributed by atoms with Crippen LogP contribution in [0, 0.1) is 5.92 Å². The third-order valence-corrected chi connectivity index (χ3v) is 3.78. The molecular weight excluding hydrogens is 298 g/mol. The highest BCUT2D eigenvalue weighted by Crippen LogP contribution is 2.11. The first kappa shape index (κ1) is 18.0. The molecular formula is C19H29N5. The summed E-state index contributed by atoms with van der Waals surface area (Å²) in [5.41, 5.74) is 2.48. The van der Waals surface area contributed by atoms with Crippen molar-refractivity contribution in [3.05, 3.63) is 53.9 Å². The standard InChI is InChI=1S/C19H29N5/c1-4-20-19(21-12-10-16(2)3)22-14-17-8-5-6-9-18(17)15-24-13-7-11-23-24/h5-9,11,13,16H,4,10,12,14-15H2,1-3H3,(H2,20,21,22). The van der Waals surface area contributed by atoms with Crippen LogP contribution >= 0.6 is 0 Å². The summed E-state index contributed by atoms with van der Waals surface area (Å²) in [5.74, 6) is 1.57. The Morgan fingerprint density at radius 3 is 2.62 bits per heavy atom. The smallest absolute Gasteiger partial charge is 0.191 e.